The van der Waals surface area contributed by atoms with Crippen molar-refractivity contribution in [2.45, 2.75) is 45.7 Å². The van der Waals surface area contributed by atoms with Crippen molar-refractivity contribution in [3.8, 4) is 0 Å². The highest BCUT2D eigenvalue weighted by atomic mass is 32.1. The second-order valence-electron chi connectivity index (χ2n) is 7.50. The molecule has 0 fully saturated rings. The van der Waals surface area contributed by atoms with Crippen LogP contribution in [0.5, 0.6) is 0 Å². The molecule has 1 aliphatic rings. The van der Waals surface area contributed by atoms with Gasteiger partial charge < -0.3 is 0 Å². The minimum atomic E-state index is -0.0359. The molecule has 0 spiro atoms. The van der Waals surface area contributed by atoms with Crippen molar-refractivity contribution in [1.29, 1.82) is 0 Å². The molecule has 3 aromatic heterocycles. The van der Waals surface area contributed by atoms with Gasteiger partial charge in [0.1, 0.15) is 0 Å². The van der Waals surface area contributed by atoms with Crippen LogP contribution in [0, 0.1) is 0 Å². The molecule has 6 heteroatoms. The number of fused-ring (bicyclic) bond motifs is 2. The Balaban J connectivity index is 1.71. The molecule has 0 saturated heterocycles. The number of hydrogen-bond donors (Lipinski definition) is 1. The van der Waals surface area contributed by atoms with Crippen LogP contribution >= 0.6 is 11.3 Å². The van der Waals surface area contributed by atoms with Gasteiger partial charge in [0, 0.05) is 48.1 Å². The lowest BCUT2D eigenvalue weighted by Crippen LogP contribution is -2.36. The maximum atomic E-state index is 12.9. The largest absolute Gasteiger partial charge is 0.293 e. The molecular formula is C18H22N4OS. The molecule has 0 aliphatic carbocycles. The van der Waals surface area contributed by atoms with Gasteiger partial charge in [-0.3, -0.25) is 14.8 Å². The first-order valence-electron chi connectivity index (χ1n) is 8.30. The van der Waals surface area contributed by atoms with E-state index >= 15 is 0 Å². The summed E-state index contributed by atoms with van der Waals surface area (Å²) in [5.74, 6) is 0. The van der Waals surface area contributed by atoms with E-state index in [2.05, 4.69) is 48.3 Å². The van der Waals surface area contributed by atoms with E-state index in [4.69, 9.17) is 4.98 Å². The molecule has 0 atom stereocenters. The highest BCUT2D eigenvalue weighted by Crippen LogP contribution is 2.23. The van der Waals surface area contributed by atoms with Crippen LogP contribution in [-0.2, 0) is 24.9 Å². The summed E-state index contributed by atoms with van der Waals surface area (Å²) in [6.45, 7) is 8.91. The van der Waals surface area contributed by atoms with Crippen molar-refractivity contribution in [3.05, 3.63) is 55.8 Å². The number of aromatic nitrogens is 3. The molecule has 1 aliphatic heterocycles. The predicted octanol–water partition coefficient (Wildman–Crippen LogP) is 2.94. The summed E-state index contributed by atoms with van der Waals surface area (Å²) in [4.78, 5) is 21.3. The summed E-state index contributed by atoms with van der Waals surface area (Å²) in [7, 11) is 0. The Hall–Kier alpha value is -1.92. The Morgan fingerprint density at radius 1 is 1.38 bits per heavy atom. The Morgan fingerprint density at radius 2 is 2.21 bits per heavy atom. The highest BCUT2D eigenvalue weighted by molar-refractivity contribution is 7.09. The van der Waals surface area contributed by atoms with Crippen molar-refractivity contribution in [1.82, 2.24) is 19.5 Å². The number of hydrogen-bond acceptors (Lipinski definition) is 4. The first-order chi connectivity index (χ1) is 11.4. The van der Waals surface area contributed by atoms with Gasteiger partial charge in [-0.05, 0) is 11.4 Å². The van der Waals surface area contributed by atoms with Crippen LogP contribution in [0.3, 0.4) is 0 Å². The number of thiophene rings is 1. The number of rotatable bonds is 2. The summed E-state index contributed by atoms with van der Waals surface area (Å²) < 4.78 is 1.61. The normalized spacial score (nSPS) is 15.8. The fraction of sp³-hybridized carbons (Fsp3) is 0.444. The van der Waals surface area contributed by atoms with Gasteiger partial charge in [0.05, 0.1) is 11.3 Å². The molecule has 0 radical (unpaired) electrons. The first-order valence-corrected chi connectivity index (χ1v) is 9.18. The Labute approximate surface area is 144 Å². The van der Waals surface area contributed by atoms with E-state index in [9.17, 15) is 4.79 Å². The van der Waals surface area contributed by atoms with Crippen LogP contribution in [0.2, 0.25) is 0 Å². The standard InChI is InChI=1S/C18H22N4OS/c1-18(2,3)15-9-16-19-14-6-7-21(10-12-5-4-8-24-12)11-13(14)17(23)22(16)20-15/h4-5,8-9,20H,6-7,10-11H2,1-3H3. The van der Waals surface area contributed by atoms with Crippen molar-refractivity contribution < 1.29 is 0 Å². The molecule has 24 heavy (non-hydrogen) atoms. The second-order valence-corrected chi connectivity index (χ2v) is 8.53. The summed E-state index contributed by atoms with van der Waals surface area (Å²) in [6, 6.07) is 6.22. The Kier molecular flexibility index (Phi) is 3.62. The van der Waals surface area contributed by atoms with E-state index in [0.29, 0.717) is 6.54 Å². The van der Waals surface area contributed by atoms with Crippen LogP contribution in [0.25, 0.3) is 5.65 Å². The van der Waals surface area contributed by atoms with Gasteiger partial charge in [-0.25, -0.2) is 9.50 Å². The number of aromatic amines is 1. The van der Waals surface area contributed by atoms with E-state index in [1.54, 1.807) is 15.9 Å². The zero-order valence-corrected chi connectivity index (χ0v) is 15.1. The van der Waals surface area contributed by atoms with E-state index in [1.165, 1.54) is 4.88 Å². The van der Waals surface area contributed by atoms with Gasteiger partial charge in [0.15, 0.2) is 5.65 Å². The summed E-state index contributed by atoms with van der Waals surface area (Å²) >= 11 is 1.76. The van der Waals surface area contributed by atoms with Gasteiger partial charge >= 0.3 is 0 Å². The minimum Gasteiger partial charge on any atom is -0.293 e. The smallest absolute Gasteiger partial charge is 0.277 e. The van der Waals surface area contributed by atoms with Crippen molar-refractivity contribution >= 4 is 17.0 Å². The molecule has 0 unspecified atom stereocenters. The number of nitrogens with zero attached hydrogens (tertiary/aromatic N) is 3. The van der Waals surface area contributed by atoms with Gasteiger partial charge in [-0.1, -0.05) is 26.8 Å². The lowest BCUT2D eigenvalue weighted by molar-refractivity contribution is 0.243. The van der Waals surface area contributed by atoms with Crippen molar-refractivity contribution in [3.63, 3.8) is 0 Å². The molecular weight excluding hydrogens is 320 g/mol. The van der Waals surface area contributed by atoms with E-state index in [-0.39, 0.29) is 11.0 Å². The van der Waals surface area contributed by atoms with Crippen LogP contribution in [0.4, 0.5) is 0 Å². The lowest BCUT2D eigenvalue weighted by Gasteiger charge is -2.27. The zero-order valence-electron chi connectivity index (χ0n) is 14.3. The number of H-pyrrole nitrogens is 1. The third-order valence-electron chi connectivity index (χ3n) is 4.61. The van der Waals surface area contributed by atoms with Crippen molar-refractivity contribution in [2.75, 3.05) is 6.54 Å². The summed E-state index contributed by atoms with van der Waals surface area (Å²) in [5.41, 5.74) is 3.56. The maximum Gasteiger partial charge on any atom is 0.277 e. The Morgan fingerprint density at radius 3 is 2.92 bits per heavy atom. The molecule has 0 saturated carbocycles. The lowest BCUT2D eigenvalue weighted by atomic mass is 9.93. The monoisotopic (exact) mass is 342 g/mol. The van der Waals surface area contributed by atoms with Crippen molar-refractivity contribution in [2.24, 2.45) is 0 Å². The summed E-state index contributed by atoms with van der Waals surface area (Å²) in [5, 5.41) is 5.34. The maximum absolute atomic E-state index is 12.9. The van der Waals surface area contributed by atoms with Crippen LogP contribution in [0.15, 0.2) is 28.4 Å². The van der Waals surface area contributed by atoms with Gasteiger partial charge in [0.2, 0.25) is 0 Å². The fourth-order valence-electron chi connectivity index (χ4n) is 3.18. The van der Waals surface area contributed by atoms with Gasteiger partial charge in [-0.2, -0.15) is 0 Å². The second kappa shape index (κ2) is 5.57. The molecule has 0 aromatic carbocycles. The van der Waals surface area contributed by atoms with E-state index in [1.807, 2.05) is 6.07 Å². The quantitative estimate of drug-likeness (QED) is 0.779. The fourth-order valence-corrected chi connectivity index (χ4v) is 3.93. The molecule has 5 nitrogen and oxygen atoms in total. The van der Waals surface area contributed by atoms with Gasteiger partial charge in [0.25, 0.3) is 5.56 Å². The first kappa shape index (κ1) is 15.6. The van der Waals surface area contributed by atoms with Crippen LogP contribution in [-0.4, -0.2) is 26.0 Å². The average molecular weight is 342 g/mol. The van der Waals surface area contributed by atoms with E-state index < -0.39 is 0 Å². The molecule has 0 bridgehead atoms. The molecule has 3 aromatic rings. The molecule has 1 N–H and O–H groups in total. The predicted molar refractivity (Wildman–Crippen MR) is 96.6 cm³/mol. The van der Waals surface area contributed by atoms with Gasteiger partial charge in [-0.15, -0.1) is 11.3 Å². The topological polar surface area (TPSA) is 53.4 Å². The molecule has 0 amide bonds. The highest BCUT2D eigenvalue weighted by Gasteiger charge is 2.24. The molecule has 4 heterocycles. The van der Waals surface area contributed by atoms with Crippen LogP contribution < -0.4 is 5.56 Å². The third kappa shape index (κ3) is 2.70. The SMILES string of the molecule is CC(C)(C)c1cc2nc3c(c(=O)n2[nH]1)CN(Cc1cccs1)CC3. The number of nitrogens with one attached hydrogen (secondary N) is 1. The Bertz CT molecular complexity index is 930. The minimum absolute atomic E-state index is 0.0359. The average Bonchev–Trinajstić information content (AvgIpc) is 3.17. The zero-order chi connectivity index (χ0) is 16.9. The van der Waals surface area contributed by atoms with E-state index in [0.717, 1.165) is 42.1 Å². The van der Waals surface area contributed by atoms with Crippen LogP contribution in [0.1, 0.15) is 42.6 Å². The third-order valence-corrected chi connectivity index (χ3v) is 5.47. The molecule has 4 rings (SSSR count). The molecule has 126 valence electrons. The summed E-state index contributed by atoms with van der Waals surface area (Å²) in [6.07, 6.45) is 0.836.